The molecule has 0 fully saturated rings. The number of imidazole rings is 1. The number of aromatic nitrogens is 4. The number of rotatable bonds is 5. The average molecular weight is 358 g/mol. The number of hydrogen-bond acceptors (Lipinski definition) is 6. The van der Waals surface area contributed by atoms with Crippen molar-refractivity contribution in [3.63, 3.8) is 0 Å². The van der Waals surface area contributed by atoms with Crippen molar-refractivity contribution in [2.24, 2.45) is 0 Å². The maximum Gasteiger partial charge on any atom is 0.258 e. The van der Waals surface area contributed by atoms with E-state index in [1.54, 1.807) is 16.7 Å². The maximum atomic E-state index is 12.0. The topological polar surface area (TPSA) is 72.3 Å². The van der Waals surface area contributed by atoms with Crippen molar-refractivity contribution < 1.29 is 4.74 Å². The second kappa shape index (κ2) is 6.29. The lowest BCUT2D eigenvalue weighted by atomic mass is 10.3. The summed E-state index contributed by atoms with van der Waals surface area (Å²) in [6, 6.07) is 7.36. The van der Waals surface area contributed by atoms with Crippen LogP contribution in [0.3, 0.4) is 0 Å². The monoisotopic (exact) mass is 358 g/mol. The van der Waals surface area contributed by atoms with Crippen LogP contribution in [0, 0.1) is 0 Å². The molecule has 3 aromatic heterocycles. The van der Waals surface area contributed by atoms with Gasteiger partial charge >= 0.3 is 0 Å². The molecule has 1 N–H and O–H groups in total. The number of hydrogen-bond donors (Lipinski definition) is 1. The number of fused-ring (bicyclic) bond motifs is 2. The largest absolute Gasteiger partial charge is 0.494 e. The summed E-state index contributed by atoms with van der Waals surface area (Å²) in [5, 5.41) is 2.65. The highest BCUT2D eigenvalue weighted by Gasteiger charge is 2.08. The zero-order valence-electron chi connectivity index (χ0n) is 12.9. The molecule has 6 nitrogen and oxygen atoms in total. The van der Waals surface area contributed by atoms with Crippen LogP contribution in [0.4, 0.5) is 0 Å². The summed E-state index contributed by atoms with van der Waals surface area (Å²) in [5.41, 5.74) is 2.53. The van der Waals surface area contributed by atoms with Crippen molar-refractivity contribution >= 4 is 39.1 Å². The Balaban J connectivity index is 1.56. The number of thioether (sulfide) groups is 1. The molecule has 0 aliphatic heterocycles. The molecule has 0 spiro atoms. The lowest BCUT2D eigenvalue weighted by Crippen LogP contribution is -2.12. The molecule has 4 rings (SSSR count). The Morgan fingerprint density at radius 2 is 2.25 bits per heavy atom. The number of nitrogens with one attached hydrogen (secondary N) is 1. The minimum absolute atomic E-state index is 0.0530. The van der Waals surface area contributed by atoms with Crippen LogP contribution in [0.1, 0.15) is 12.6 Å². The fraction of sp³-hybridized carbons (Fsp3) is 0.188. The summed E-state index contributed by atoms with van der Waals surface area (Å²) in [5.74, 6) is 1.41. The standard InChI is InChI=1S/C16H14N4O2S2/c1-2-22-11-3-4-12-13(8-11)19-15(18-12)24-9-10-7-14(21)20-5-6-23-16(20)17-10/h3-8H,2,9H2,1H3,(H,18,19). The number of H-pyrrole nitrogens is 1. The van der Waals surface area contributed by atoms with Crippen molar-refractivity contribution in [2.45, 2.75) is 17.8 Å². The first kappa shape index (κ1) is 15.2. The van der Waals surface area contributed by atoms with Gasteiger partial charge in [-0.15, -0.1) is 11.3 Å². The van der Waals surface area contributed by atoms with Crippen LogP contribution < -0.4 is 10.3 Å². The molecule has 0 saturated carbocycles. The Hall–Kier alpha value is -2.32. The number of benzene rings is 1. The van der Waals surface area contributed by atoms with Gasteiger partial charge in [-0.1, -0.05) is 11.8 Å². The van der Waals surface area contributed by atoms with Crippen LogP contribution in [-0.2, 0) is 5.75 Å². The van der Waals surface area contributed by atoms with Gasteiger partial charge in [0.2, 0.25) is 0 Å². The van der Waals surface area contributed by atoms with Gasteiger partial charge in [0.25, 0.3) is 5.56 Å². The highest BCUT2D eigenvalue weighted by Crippen LogP contribution is 2.25. The molecule has 0 saturated heterocycles. The first-order valence-electron chi connectivity index (χ1n) is 7.44. The fourth-order valence-electron chi connectivity index (χ4n) is 2.39. The minimum Gasteiger partial charge on any atom is -0.494 e. The van der Waals surface area contributed by atoms with E-state index in [9.17, 15) is 4.79 Å². The quantitative estimate of drug-likeness (QED) is 0.554. The number of ether oxygens (including phenoxy) is 1. The molecule has 8 heteroatoms. The van der Waals surface area contributed by atoms with Gasteiger partial charge in [0, 0.05) is 29.5 Å². The summed E-state index contributed by atoms with van der Waals surface area (Å²) in [6.07, 6.45) is 1.74. The van der Waals surface area contributed by atoms with Crippen molar-refractivity contribution in [1.29, 1.82) is 0 Å². The Bertz CT molecular complexity index is 1070. The third-order valence-corrected chi connectivity index (χ3v) is 5.12. The van der Waals surface area contributed by atoms with Crippen LogP contribution in [0.2, 0.25) is 0 Å². The van der Waals surface area contributed by atoms with Crippen LogP contribution in [0.15, 0.2) is 45.8 Å². The van der Waals surface area contributed by atoms with Crippen molar-refractivity contribution in [3.8, 4) is 5.75 Å². The highest BCUT2D eigenvalue weighted by molar-refractivity contribution is 7.98. The van der Waals surface area contributed by atoms with Crippen molar-refractivity contribution in [1.82, 2.24) is 19.4 Å². The Labute approximate surface area is 145 Å². The molecule has 0 bridgehead atoms. The van der Waals surface area contributed by atoms with E-state index in [1.807, 2.05) is 30.5 Å². The van der Waals surface area contributed by atoms with Crippen molar-refractivity contribution in [2.75, 3.05) is 6.61 Å². The van der Waals surface area contributed by atoms with Gasteiger partial charge in [-0.05, 0) is 19.1 Å². The highest BCUT2D eigenvalue weighted by atomic mass is 32.2. The Morgan fingerprint density at radius 1 is 1.33 bits per heavy atom. The molecule has 0 radical (unpaired) electrons. The summed E-state index contributed by atoms with van der Waals surface area (Å²) in [6.45, 7) is 2.59. The molecular formula is C16H14N4O2S2. The molecule has 0 aliphatic carbocycles. The number of aromatic amines is 1. The van der Waals surface area contributed by atoms with Crippen LogP contribution >= 0.6 is 23.1 Å². The lowest BCUT2D eigenvalue weighted by Gasteiger charge is -2.00. The first-order chi connectivity index (χ1) is 11.7. The van der Waals surface area contributed by atoms with Gasteiger partial charge in [-0.25, -0.2) is 9.97 Å². The number of thiazole rings is 1. The molecular weight excluding hydrogens is 344 g/mol. The summed E-state index contributed by atoms with van der Waals surface area (Å²) in [7, 11) is 0. The molecule has 3 heterocycles. The molecule has 4 aromatic rings. The predicted octanol–water partition coefficient (Wildman–Crippen LogP) is 3.32. The molecule has 0 unspecified atom stereocenters. The van der Waals surface area contributed by atoms with E-state index in [4.69, 9.17) is 4.74 Å². The smallest absolute Gasteiger partial charge is 0.258 e. The summed E-state index contributed by atoms with van der Waals surface area (Å²) in [4.78, 5) is 25.0. The average Bonchev–Trinajstić information content (AvgIpc) is 3.19. The normalized spacial score (nSPS) is 11.4. The van der Waals surface area contributed by atoms with Gasteiger partial charge < -0.3 is 9.72 Å². The molecule has 1 aromatic carbocycles. The zero-order chi connectivity index (χ0) is 16.5. The van der Waals surface area contributed by atoms with E-state index in [0.717, 1.165) is 27.6 Å². The number of nitrogens with zero attached hydrogens (tertiary/aromatic N) is 3. The van der Waals surface area contributed by atoms with Gasteiger partial charge in [0.05, 0.1) is 23.3 Å². The van der Waals surface area contributed by atoms with E-state index in [0.29, 0.717) is 17.3 Å². The second-order valence-electron chi connectivity index (χ2n) is 5.08. The minimum atomic E-state index is -0.0530. The van der Waals surface area contributed by atoms with Gasteiger partial charge in [-0.3, -0.25) is 9.20 Å². The third-order valence-electron chi connectivity index (χ3n) is 3.46. The molecule has 0 atom stereocenters. The van der Waals surface area contributed by atoms with E-state index in [1.165, 1.54) is 23.1 Å². The summed E-state index contributed by atoms with van der Waals surface area (Å²) < 4.78 is 7.05. The van der Waals surface area contributed by atoms with Crippen LogP contribution in [0.5, 0.6) is 5.75 Å². The SMILES string of the molecule is CCOc1ccc2nc(SCc3cc(=O)n4ccsc4n3)[nH]c2c1. The molecule has 0 aliphatic rings. The van der Waals surface area contributed by atoms with E-state index in [2.05, 4.69) is 15.0 Å². The zero-order valence-corrected chi connectivity index (χ0v) is 14.5. The van der Waals surface area contributed by atoms with Gasteiger partial charge in [-0.2, -0.15) is 0 Å². The van der Waals surface area contributed by atoms with E-state index in [-0.39, 0.29) is 5.56 Å². The van der Waals surface area contributed by atoms with Crippen LogP contribution in [-0.4, -0.2) is 26.0 Å². The third kappa shape index (κ3) is 2.90. The maximum absolute atomic E-state index is 12.0. The molecule has 24 heavy (non-hydrogen) atoms. The first-order valence-corrected chi connectivity index (χ1v) is 9.30. The predicted molar refractivity (Wildman–Crippen MR) is 96.2 cm³/mol. The van der Waals surface area contributed by atoms with Gasteiger partial charge in [0.1, 0.15) is 5.75 Å². The Morgan fingerprint density at radius 3 is 3.12 bits per heavy atom. The summed E-state index contributed by atoms with van der Waals surface area (Å²) >= 11 is 2.98. The van der Waals surface area contributed by atoms with E-state index < -0.39 is 0 Å². The lowest BCUT2D eigenvalue weighted by molar-refractivity contribution is 0.340. The van der Waals surface area contributed by atoms with E-state index >= 15 is 0 Å². The van der Waals surface area contributed by atoms with Gasteiger partial charge in [0.15, 0.2) is 10.1 Å². The fourth-order valence-corrected chi connectivity index (χ4v) is 3.91. The Kier molecular flexibility index (Phi) is 3.99. The molecule has 0 amide bonds. The van der Waals surface area contributed by atoms with Crippen molar-refractivity contribution in [3.05, 3.63) is 51.9 Å². The molecule has 122 valence electrons. The van der Waals surface area contributed by atoms with Crippen LogP contribution in [0.25, 0.3) is 16.0 Å². The second-order valence-corrected chi connectivity index (χ2v) is 6.92.